The lowest BCUT2D eigenvalue weighted by Crippen LogP contribution is -2.32. The van der Waals surface area contributed by atoms with Gasteiger partial charge in [0.05, 0.1) is 5.41 Å². The lowest BCUT2D eigenvalue weighted by Gasteiger charge is -2.39. The highest BCUT2D eigenvalue weighted by Gasteiger charge is 2.51. The van der Waals surface area contributed by atoms with Gasteiger partial charge in [0.15, 0.2) is 0 Å². The summed E-state index contributed by atoms with van der Waals surface area (Å²) in [4.78, 5) is 0. The summed E-state index contributed by atoms with van der Waals surface area (Å²) in [6, 6.07) is 60.1. The van der Waals surface area contributed by atoms with Crippen LogP contribution in [0.4, 0.5) is 0 Å². The Labute approximate surface area is 269 Å². The highest BCUT2D eigenvalue weighted by atomic mass is 16.5. The maximum atomic E-state index is 6.72. The van der Waals surface area contributed by atoms with Crippen LogP contribution in [0.5, 0.6) is 11.5 Å². The first-order chi connectivity index (χ1) is 22.7. The first kappa shape index (κ1) is 25.6. The molecular weight excluding hydrogens is 556 g/mol. The molecule has 46 heavy (non-hydrogen) atoms. The Morgan fingerprint density at radius 3 is 1.67 bits per heavy atom. The minimum Gasteiger partial charge on any atom is -0.457 e. The summed E-state index contributed by atoms with van der Waals surface area (Å²) in [6.45, 7) is 2.38. The highest BCUT2D eigenvalue weighted by Crippen LogP contribution is 2.63. The van der Waals surface area contributed by atoms with Crippen molar-refractivity contribution in [2.24, 2.45) is 0 Å². The molecule has 3 aliphatic rings. The molecule has 216 valence electrons. The first-order valence-electron chi connectivity index (χ1n) is 16.1. The van der Waals surface area contributed by atoms with Crippen LogP contribution in [0, 0.1) is 0 Å². The van der Waals surface area contributed by atoms with Crippen LogP contribution < -0.4 is 4.74 Å². The van der Waals surface area contributed by atoms with E-state index in [1.807, 2.05) is 0 Å². The average Bonchev–Trinajstić information content (AvgIpc) is 3.57. The van der Waals surface area contributed by atoms with Gasteiger partial charge in [0.2, 0.25) is 0 Å². The van der Waals surface area contributed by atoms with Gasteiger partial charge in [-0.15, -0.1) is 0 Å². The van der Waals surface area contributed by atoms with E-state index in [0.29, 0.717) is 0 Å². The van der Waals surface area contributed by atoms with Gasteiger partial charge < -0.3 is 4.74 Å². The Morgan fingerprint density at radius 2 is 0.935 bits per heavy atom. The Kier molecular flexibility index (Phi) is 5.12. The van der Waals surface area contributed by atoms with E-state index >= 15 is 0 Å². The minimum absolute atomic E-state index is 0.246. The maximum absolute atomic E-state index is 6.72. The number of rotatable bonds is 2. The molecule has 0 radical (unpaired) electrons. The average molecular weight is 587 g/mol. The van der Waals surface area contributed by atoms with Gasteiger partial charge in [-0.05, 0) is 86.3 Å². The van der Waals surface area contributed by atoms with Crippen LogP contribution in [0.3, 0.4) is 0 Å². The van der Waals surface area contributed by atoms with Crippen molar-refractivity contribution in [2.45, 2.75) is 17.8 Å². The fraction of sp³-hybridized carbons (Fsp3) is 0.0667. The molecule has 0 amide bonds. The summed E-state index contributed by atoms with van der Waals surface area (Å²) in [5.74, 6) is 1.83. The van der Waals surface area contributed by atoms with Crippen LogP contribution in [-0.2, 0) is 10.8 Å². The number of benzene rings is 7. The van der Waals surface area contributed by atoms with Gasteiger partial charge in [0.25, 0.3) is 0 Å². The minimum atomic E-state index is -0.484. The van der Waals surface area contributed by atoms with Crippen molar-refractivity contribution < 1.29 is 4.74 Å². The molecule has 0 saturated carbocycles. The fourth-order valence-corrected chi connectivity index (χ4v) is 8.89. The highest BCUT2D eigenvalue weighted by molar-refractivity contribution is 5.95. The number of para-hydroxylation sites is 1. The Balaban J connectivity index is 1.27. The molecule has 0 bridgehead atoms. The summed E-state index contributed by atoms with van der Waals surface area (Å²) in [5, 5.41) is 0. The largest absolute Gasteiger partial charge is 0.457 e. The van der Waals surface area contributed by atoms with Crippen molar-refractivity contribution in [3.63, 3.8) is 0 Å². The molecule has 0 fully saturated rings. The van der Waals surface area contributed by atoms with E-state index in [4.69, 9.17) is 4.74 Å². The third-order valence-electron chi connectivity index (χ3n) is 10.8. The quantitative estimate of drug-likeness (QED) is 0.196. The molecule has 2 aliphatic carbocycles. The lowest BCUT2D eigenvalue weighted by molar-refractivity contribution is 0.436. The molecule has 7 aromatic carbocycles. The second-order valence-corrected chi connectivity index (χ2v) is 12.9. The summed E-state index contributed by atoms with van der Waals surface area (Å²) in [6.07, 6.45) is 0. The van der Waals surface area contributed by atoms with Gasteiger partial charge in [0.1, 0.15) is 11.5 Å². The number of hydrogen-bond acceptors (Lipinski definition) is 1. The van der Waals surface area contributed by atoms with Crippen LogP contribution in [0.25, 0.3) is 33.4 Å². The van der Waals surface area contributed by atoms with E-state index in [9.17, 15) is 0 Å². The van der Waals surface area contributed by atoms with Gasteiger partial charge >= 0.3 is 0 Å². The zero-order chi connectivity index (χ0) is 30.5. The van der Waals surface area contributed by atoms with Gasteiger partial charge in [-0.3, -0.25) is 0 Å². The van der Waals surface area contributed by atoms with E-state index in [0.717, 1.165) is 11.5 Å². The molecule has 10 rings (SSSR count). The van der Waals surface area contributed by atoms with Gasteiger partial charge in [-0.1, -0.05) is 146 Å². The topological polar surface area (TPSA) is 9.23 Å². The molecule has 1 spiro atoms. The molecule has 1 atom stereocenters. The summed E-state index contributed by atoms with van der Waals surface area (Å²) in [5.41, 5.74) is 16.0. The molecule has 0 aromatic heterocycles. The molecular formula is C45H30O. The Morgan fingerprint density at radius 1 is 0.391 bits per heavy atom. The van der Waals surface area contributed by atoms with Gasteiger partial charge in [-0.2, -0.15) is 0 Å². The first-order valence-corrected chi connectivity index (χ1v) is 16.1. The second kappa shape index (κ2) is 9.19. The van der Waals surface area contributed by atoms with E-state index in [2.05, 4.69) is 171 Å². The van der Waals surface area contributed by atoms with Crippen molar-refractivity contribution in [3.05, 3.63) is 203 Å². The predicted octanol–water partition coefficient (Wildman–Crippen LogP) is 11.2. The van der Waals surface area contributed by atoms with Gasteiger partial charge in [-0.25, -0.2) is 0 Å². The summed E-state index contributed by atoms with van der Waals surface area (Å²) < 4.78 is 6.72. The van der Waals surface area contributed by atoms with Crippen LogP contribution in [0.1, 0.15) is 45.9 Å². The number of hydrogen-bond donors (Lipinski definition) is 0. The second-order valence-electron chi connectivity index (χ2n) is 12.9. The number of fused-ring (bicyclic) bond motifs is 12. The SMILES string of the molecule is CC1(c2ccccc2)c2ccccc2-c2c(-c3ccc4c(c3)C3(c5ccccc5O4)c4ccccc4-c4ccccc43)cccc21. The van der Waals surface area contributed by atoms with E-state index in [-0.39, 0.29) is 5.41 Å². The molecule has 1 heterocycles. The predicted molar refractivity (Wildman–Crippen MR) is 187 cm³/mol. The molecule has 1 nitrogen and oxygen atoms in total. The molecule has 7 aromatic rings. The van der Waals surface area contributed by atoms with Crippen LogP contribution in [0.2, 0.25) is 0 Å². The normalized spacial score (nSPS) is 17.2. The zero-order valence-corrected chi connectivity index (χ0v) is 25.5. The van der Waals surface area contributed by atoms with Crippen molar-refractivity contribution in [1.29, 1.82) is 0 Å². The third kappa shape index (κ3) is 3.10. The standard InChI is InChI=1S/C45H30O/c1-44(30-14-3-2-4-15-30)35-20-8-7-18-34(35)43-31(19-13-24-39(43)44)29-26-27-42-40(28-29)45(38-23-11-12-25-41(38)46-42)36-21-9-5-16-32(36)33-17-6-10-22-37(33)45/h2-28H,1H3. The molecule has 0 N–H and O–H groups in total. The lowest BCUT2D eigenvalue weighted by atomic mass is 9.65. The Bertz CT molecular complexity index is 2320. The third-order valence-corrected chi connectivity index (χ3v) is 10.8. The van der Waals surface area contributed by atoms with E-state index < -0.39 is 5.41 Å². The fourth-order valence-electron chi connectivity index (χ4n) is 8.89. The van der Waals surface area contributed by atoms with Crippen molar-refractivity contribution in [3.8, 4) is 44.9 Å². The Hall–Kier alpha value is -5.66. The molecule has 1 heteroatoms. The summed E-state index contributed by atoms with van der Waals surface area (Å²) >= 11 is 0. The van der Waals surface area contributed by atoms with Crippen LogP contribution in [-0.4, -0.2) is 0 Å². The van der Waals surface area contributed by atoms with Crippen LogP contribution in [0.15, 0.2) is 164 Å². The maximum Gasteiger partial charge on any atom is 0.132 e. The van der Waals surface area contributed by atoms with Crippen molar-refractivity contribution in [1.82, 2.24) is 0 Å². The zero-order valence-electron chi connectivity index (χ0n) is 25.5. The smallest absolute Gasteiger partial charge is 0.132 e. The monoisotopic (exact) mass is 586 g/mol. The molecule has 1 aliphatic heterocycles. The van der Waals surface area contributed by atoms with E-state index in [1.165, 1.54) is 72.3 Å². The van der Waals surface area contributed by atoms with Crippen LogP contribution >= 0.6 is 0 Å². The molecule has 0 saturated heterocycles. The van der Waals surface area contributed by atoms with Gasteiger partial charge in [0, 0.05) is 16.5 Å². The van der Waals surface area contributed by atoms with E-state index in [1.54, 1.807) is 0 Å². The summed E-state index contributed by atoms with van der Waals surface area (Å²) in [7, 11) is 0. The number of ether oxygens (including phenoxy) is 1. The van der Waals surface area contributed by atoms with Crippen molar-refractivity contribution >= 4 is 0 Å². The van der Waals surface area contributed by atoms with Crippen molar-refractivity contribution in [2.75, 3.05) is 0 Å². The molecule has 1 unspecified atom stereocenters.